The highest BCUT2D eigenvalue weighted by Crippen LogP contribution is 2.38. The van der Waals surface area contributed by atoms with Crippen LogP contribution in [0.5, 0.6) is 0 Å². The van der Waals surface area contributed by atoms with Crippen LogP contribution in [0.2, 0.25) is 10.0 Å². The van der Waals surface area contributed by atoms with E-state index in [0.29, 0.717) is 10.0 Å². The van der Waals surface area contributed by atoms with Gasteiger partial charge in [0.1, 0.15) is 17.1 Å². The van der Waals surface area contributed by atoms with Crippen molar-refractivity contribution in [3.8, 4) is 17.1 Å². The van der Waals surface area contributed by atoms with E-state index in [1.54, 1.807) is 12.1 Å². The standard InChI is InChI=1S/C19H13Cl2N3O/c20-12-5-6-14(21)15(10-12)24-19-13(7-8-22-19)18(23-24)17-9-11-3-1-2-4-16(11)25-17/h1-6,9-10,22H,7-8H2. The van der Waals surface area contributed by atoms with Crippen molar-refractivity contribution in [1.29, 1.82) is 0 Å². The van der Waals surface area contributed by atoms with Crippen LogP contribution in [-0.2, 0) is 6.42 Å². The van der Waals surface area contributed by atoms with E-state index in [2.05, 4.69) is 5.32 Å². The molecule has 0 spiro atoms. The fraction of sp³-hybridized carbons (Fsp3) is 0.105. The summed E-state index contributed by atoms with van der Waals surface area (Å²) >= 11 is 12.5. The van der Waals surface area contributed by atoms with Crippen LogP contribution < -0.4 is 5.32 Å². The summed E-state index contributed by atoms with van der Waals surface area (Å²) in [6.07, 6.45) is 0.889. The van der Waals surface area contributed by atoms with Crippen LogP contribution in [0.3, 0.4) is 0 Å². The molecule has 1 N–H and O–H groups in total. The van der Waals surface area contributed by atoms with Crippen LogP contribution in [0.1, 0.15) is 5.56 Å². The normalized spacial score (nSPS) is 13.2. The molecule has 124 valence electrons. The zero-order valence-electron chi connectivity index (χ0n) is 13.1. The van der Waals surface area contributed by atoms with E-state index in [0.717, 1.165) is 52.5 Å². The maximum atomic E-state index is 6.38. The molecule has 0 amide bonds. The van der Waals surface area contributed by atoms with Crippen molar-refractivity contribution < 1.29 is 4.42 Å². The summed E-state index contributed by atoms with van der Waals surface area (Å²) in [4.78, 5) is 0. The first-order chi connectivity index (χ1) is 12.2. The summed E-state index contributed by atoms with van der Waals surface area (Å²) in [7, 11) is 0. The lowest BCUT2D eigenvalue weighted by Crippen LogP contribution is -2.04. The number of hydrogen-bond donors (Lipinski definition) is 1. The molecule has 1 aliphatic rings. The van der Waals surface area contributed by atoms with Gasteiger partial charge in [-0.1, -0.05) is 41.4 Å². The number of furan rings is 1. The molecule has 0 radical (unpaired) electrons. The van der Waals surface area contributed by atoms with Crippen molar-refractivity contribution in [3.05, 3.63) is 64.1 Å². The number of nitrogens with zero attached hydrogens (tertiary/aromatic N) is 2. The Hall–Kier alpha value is -2.43. The molecule has 5 rings (SSSR count). The molecule has 2 aromatic carbocycles. The molecule has 3 heterocycles. The Morgan fingerprint density at radius 1 is 1.08 bits per heavy atom. The second-order valence-corrected chi connectivity index (χ2v) is 6.85. The Kier molecular flexibility index (Phi) is 3.30. The fourth-order valence-corrected chi connectivity index (χ4v) is 3.66. The number of para-hydroxylation sites is 1. The van der Waals surface area contributed by atoms with Gasteiger partial charge in [0.25, 0.3) is 0 Å². The van der Waals surface area contributed by atoms with Crippen LogP contribution in [0.25, 0.3) is 28.1 Å². The van der Waals surface area contributed by atoms with Gasteiger partial charge < -0.3 is 9.73 Å². The third-order valence-electron chi connectivity index (χ3n) is 4.45. The Morgan fingerprint density at radius 3 is 2.84 bits per heavy atom. The molecule has 25 heavy (non-hydrogen) atoms. The van der Waals surface area contributed by atoms with Gasteiger partial charge in [0.15, 0.2) is 5.76 Å². The van der Waals surface area contributed by atoms with Gasteiger partial charge in [-0.25, -0.2) is 4.68 Å². The predicted molar refractivity (Wildman–Crippen MR) is 101 cm³/mol. The summed E-state index contributed by atoms with van der Waals surface area (Å²) in [5, 5.41) is 10.5. The second kappa shape index (κ2) is 5.55. The van der Waals surface area contributed by atoms with Crippen LogP contribution >= 0.6 is 23.2 Å². The van der Waals surface area contributed by atoms with E-state index in [-0.39, 0.29) is 0 Å². The van der Waals surface area contributed by atoms with Gasteiger partial charge >= 0.3 is 0 Å². The van der Waals surface area contributed by atoms with Crippen molar-refractivity contribution in [2.75, 3.05) is 11.9 Å². The van der Waals surface area contributed by atoms with E-state index >= 15 is 0 Å². The molecular weight excluding hydrogens is 357 g/mol. The molecule has 4 aromatic rings. The average molecular weight is 370 g/mol. The highest BCUT2D eigenvalue weighted by molar-refractivity contribution is 6.34. The Balaban J connectivity index is 1.73. The minimum atomic E-state index is 0.597. The number of nitrogens with one attached hydrogen (secondary N) is 1. The van der Waals surface area contributed by atoms with Crippen molar-refractivity contribution in [2.24, 2.45) is 0 Å². The number of halogens is 2. The minimum Gasteiger partial charge on any atom is -0.454 e. The number of anilines is 1. The number of benzene rings is 2. The van der Waals surface area contributed by atoms with E-state index in [1.807, 2.05) is 41.1 Å². The molecule has 0 aliphatic carbocycles. The van der Waals surface area contributed by atoms with Gasteiger partial charge in [0.05, 0.1) is 10.7 Å². The smallest absolute Gasteiger partial charge is 0.156 e. The van der Waals surface area contributed by atoms with Crippen molar-refractivity contribution in [3.63, 3.8) is 0 Å². The van der Waals surface area contributed by atoms with E-state index in [9.17, 15) is 0 Å². The topological polar surface area (TPSA) is 43.0 Å². The third kappa shape index (κ3) is 2.33. The number of fused-ring (bicyclic) bond motifs is 2. The molecule has 4 nitrogen and oxygen atoms in total. The van der Waals surface area contributed by atoms with Gasteiger partial charge in [0, 0.05) is 22.5 Å². The molecule has 6 heteroatoms. The summed E-state index contributed by atoms with van der Waals surface area (Å²) in [6.45, 7) is 0.860. The average Bonchev–Trinajstić information content (AvgIpc) is 3.30. The van der Waals surface area contributed by atoms with Gasteiger partial charge in [-0.3, -0.25) is 0 Å². The molecule has 2 aromatic heterocycles. The maximum Gasteiger partial charge on any atom is 0.156 e. The van der Waals surface area contributed by atoms with Crippen molar-refractivity contribution >= 4 is 40.0 Å². The molecular formula is C19H13Cl2N3O. The van der Waals surface area contributed by atoms with Gasteiger partial charge in [0.2, 0.25) is 0 Å². The molecule has 0 fully saturated rings. The Labute approximate surface area is 154 Å². The monoisotopic (exact) mass is 369 g/mol. The first kappa shape index (κ1) is 14.9. The van der Waals surface area contributed by atoms with E-state index < -0.39 is 0 Å². The summed E-state index contributed by atoms with van der Waals surface area (Å²) < 4.78 is 7.84. The highest BCUT2D eigenvalue weighted by Gasteiger charge is 2.26. The number of rotatable bonds is 2. The maximum absolute atomic E-state index is 6.38. The lowest BCUT2D eigenvalue weighted by Gasteiger charge is -2.08. The highest BCUT2D eigenvalue weighted by atomic mass is 35.5. The summed E-state index contributed by atoms with van der Waals surface area (Å²) in [5.74, 6) is 1.71. The predicted octanol–water partition coefficient (Wildman–Crippen LogP) is 5.56. The molecule has 1 aliphatic heterocycles. The van der Waals surface area contributed by atoms with Gasteiger partial charge in [-0.15, -0.1) is 0 Å². The van der Waals surface area contributed by atoms with Crippen LogP contribution in [0.15, 0.2) is 52.9 Å². The Morgan fingerprint density at radius 2 is 1.96 bits per heavy atom. The largest absolute Gasteiger partial charge is 0.454 e. The quantitative estimate of drug-likeness (QED) is 0.502. The molecule has 0 atom stereocenters. The van der Waals surface area contributed by atoms with Crippen molar-refractivity contribution in [2.45, 2.75) is 6.42 Å². The van der Waals surface area contributed by atoms with Crippen LogP contribution in [0.4, 0.5) is 5.82 Å². The molecule has 0 bridgehead atoms. The van der Waals surface area contributed by atoms with E-state index in [1.165, 1.54) is 0 Å². The number of aromatic nitrogens is 2. The second-order valence-electron chi connectivity index (χ2n) is 6.01. The van der Waals surface area contributed by atoms with Crippen LogP contribution in [0, 0.1) is 0 Å². The summed E-state index contributed by atoms with van der Waals surface area (Å²) in [6, 6.07) is 15.4. The third-order valence-corrected chi connectivity index (χ3v) is 5.00. The summed E-state index contributed by atoms with van der Waals surface area (Å²) in [5.41, 5.74) is 3.58. The van der Waals surface area contributed by atoms with Gasteiger partial charge in [-0.2, -0.15) is 5.10 Å². The Bertz CT molecular complexity index is 1080. The van der Waals surface area contributed by atoms with Crippen molar-refractivity contribution in [1.82, 2.24) is 9.78 Å². The minimum absolute atomic E-state index is 0.597. The molecule has 0 saturated heterocycles. The zero-order chi connectivity index (χ0) is 17.0. The first-order valence-corrected chi connectivity index (χ1v) is 8.76. The molecule has 0 saturated carbocycles. The fourth-order valence-electron chi connectivity index (χ4n) is 3.29. The lowest BCUT2D eigenvalue weighted by atomic mass is 10.1. The molecule has 0 unspecified atom stereocenters. The number of hydrogen-bond acceptors (Lipinski definition) is 3. The SMILES string of the molecule is Clc1ccc(Cl)c(-n2nc(-c3cc4ccccc4o3)c3c2NCC3)c1. The van der Waals surface area contributed by atoms with Gasteiger partial charge in [-0.05, 0) is 36.8 Å². The first-order valence-electron chi connectivity index (χ1n) is 8.01. The lowest BCUT2D eigenvalue weighted by molar-refractivity contribution is 0.626. The van der Waals surface area contributed by atoms with E-state index in [4.69, 9.17) is 32.7 Å². The zero-order valence-corrected chi connectivity index (χ0v) is 14.6. The van der Waals surface area contributed by atoms with Crippen LogP contribution in [-0.4, -0.2) is 16.3 Å².